The highest BCUT2D eigenvalue weighted by atomic mass is 16.5. The fourth-order valence-corrected chi connectivity index (χ4v) is 3.67. The zero-order valence-corrected chi connectivity index (χ0v) is 15.7. The van der Waals surface area contributed by atoms with Gasteiger partial charge in [-0.1, -0.05) is 0 Å². The van der Waals surface area contributed by atoms with Crippen LogP contribution in [0.1, 0.15) is 29.5 Å². The topological polar surface area (TPSA) is 97.0 Å². The van der Waals surface area contributed by atoms with Crippen molar-refractivity contribution in [2.24, 2.45) is 5.92 Å². The first-order valence-electron chi connectivity index (χ1n) is 8.93. The fourth-order valence-electron chi connectivity index (χ4n) is 3.67. The largest absolute Gasteiger partial charge is 0.496 e. The molecule has 0 radical (unpaired) electrons. The molecule has 1 amide bonds. The summed E-state index contributed by atoms with van der Waals surface area (Å²) in [6.45, 7) is 4.33. The zero-order chi connectivity index (χ0) is 19.7. The van der Waals surface area contributed by atoms with Gasteiger partial charge in [-0.05, 0) is 49.9 Å². The summed E-state index contributed by atoms with van der Waals surface area (Å²) in [7, 11) is 1.54. The predicted molar refractivity (Wildman–Crippen MR) is 99.2 cm³/mol. The lowest BCUT2D eigenvalue weighted by Gasteiger charge is -2.30. The fraction of sp³-hybridized carbons (Fsp3) is 0.450. The number of benzene rings is 1. The summed E-state index contributed by atoms with van der Waals surface area (Å²) in [5.41, 5.74) is 1.71. The summed E-state index contributed by atoms with van der Waals surface area (Å²) in [5, 5.41) is 9.87. The molecule has 1 atom stereocenters. The van der Waals surface area contributed by atoms with Crippen LogP contribution in [0.3, 0.4) is 0 Å². The zero-order valence-electron chi connectivity index (χ0n) is 15.7. The number of nitrogens with zero attached hydrogens (tertiary/aromatic N) is 1. The number of hydrogen-bond acceptors (Lipinski definition) is 5. The Hall–Kier alpha value is -2.83. The van der Waals surface area contributed by atoms with E-state index in [4.69, 9.17) is 9.15 Å². The van der Waals surface area contributed by atoms with Gasteiger partial charge in [0.05, 0.1) is 30.4 Å². The molecule has 0 spiro atoms. The highest BCUT2D eigenvalue weighted by Gasteiger charge is 2.29. The molecule has 144 valence electrons. The van der Waals surface area contributed by atoms with Crippen LogP contribution < -0.4 is 10.4 Å². The molecular weight excluding hydrogens is 350 g/mol. The minimum atomic E-state index is -0.894. The van der Waals surface area contributed by atoms with Gasteiger partial charge in [-0.15, -0.1) is 0 Å². The molecule has 1 aliphatic heterocycles. The second-order valence-electron chi connectivity index (χ2n) is 7.03. The lowest BCUT2D eigenvalue weighted by Crippen LogP contribution is -2.43. The van der Waals surface area contributed by atoms with E-state index in [1.807, 2.05) is 13.0 Å². The number of amides is 1. The summed E-state index contributed by atoms with van der Waals surface area (Å²) in [6, 6.07) is 3.61. The number of fused-ring (bicyclic) bond motifs is 1. The smallest absolute Gasteiger partial charge is 0.340 e. The van der Waals surface area contributed by atoms with Crippen molar-refractivity contribution in [1.29, 1.82) is 0 Å². The first kappa shape index (κ1) is 18.9. The summed E-state index contributed by atoms with van der Waals surface area (Å²) < 4.78 is 10.9. The van der Waals surface area contributed by atoms with Gasteiger partial charge in [-0.2, -0.15) is 0 Å². The van der Waals surface area contributed by atoms with Crippen molar-refractivity contribution in [1.82, 2.24) is 4.90 Å². The van der Waals surface area contributed by atoms with Crippen LogP contribution >= 0.6 is 0 Å². The minimum absolute atomic E-state index is 0.118. The maximum absolute atomic E-state index is 12.7. The number of piperidine rings is 1. The molecule has 2 heterocycles. The second kappa shape index (κ2) is 7.42. The third kappa shape index (κ3) is 3.67. The number of likely N-dealkylation sites (tertiary alicyclic amines) is 1. The van der Waals surface area contributed by atoms with E-state index in [2.05, 4.69) is 0 Å². The molecule has 1 N–H and O–H groups in total. The van der Waals surface area contributed by atoms with E-state index in [1.54, 1.807) is 20.1 Å². The molecule has 1 aromatic carbocycles. The van der Waals surface area contributed by atoms with Crippen LogP contribution in [0, 0.1) is 19.8 Å². The van der Waals surface area contributed by atoms with Gasteiger partial charge >= 0.3 is 11.6 Å². The van der Waals surface area contributed by atoms with Crippen LogP contribution in [0.4, 0.5) is 0 Å². The Morgan fingerprint density at radius 1 is 1.33 bits per heavy atom. The van der Waals surface area contributed by atoms with Gasteiger partial charge in [0.2, 0.25) is 5.91 Å². The number of methoxy groups -OCH3 is 1. The average Bonchev–Trinajstić information content (AvgIpc) is 2.63. The van der Waals surface area contributed by atoms with Crippen molar-refractivity contribution < 1.29 is 23.8 Å². The third-order valence-electron chi connectivity index (χ3n) is 5.16. The maximum Gasteiger partial charge on any atom is 0.340 e. The molecule has 2 aromatic rings. The number of aryl methyl sites for hydroxylation is 2. The van der Waals surface area contributed by atoms with Crippen molar-refractivity contribution in [3.8, 4) is 5.75 Å². The summed E-state index contributed by atoms with van der Waals surface area (Å²) in [6.07, 6.45) is 1.08. The molecule has 7 heteroatoms. The highest BCUT2D eigenvalue weighted by molar-refractivity contribution is 5.89. The van der Waals surface area contributed by atoms with E-state index in [-0.39, 0.29) is 24.4 Å². The lowest BCUT2D eigenvalue weighted by atomic mass is 9.97. The number of carboxylic acid groups (broad SMARTS) is 1. The van der Waals surface area contributed by atoms with Gasteiger partial charge in [0.15, 0.2) is 0 Å². The number of ether oxygens (including phenoxy) is 1. The van der Waals surface area contributed by atoms with E-state index >= 15 is 0 Å². The van der Waals surface area contributed by atoms with Gasteiger partial charge in [-0.3, -0.25) is 9.59 Å². The lowest BCUT2D eigenvalue weighted by molar-refractivity contribution is -0.145. The van der Waals surface area contributed by atoms with E-state index < -0.39 is 17.5 Å². The third-order valence-corrected chi connectivity index (χ3v) is 5.16. The maximum atomic E-state index is 12.7. The molecule has 7 nitrogen and oxygen atoms in total. The van der Waals surface area contributed by atoms with Crippen molar-refractivity contribution in [3.05, 3.63) is 39.2 Å². The van der Waals surface area contributed by atoms with Gasteiger partial charge in [0, 0.05) is 13.1 Å². The number of carboxylic acids is 1. The summed E-state index contributed by atoms with van der Waals surface area (Å²) in [5.74, 6) is -1.13. The Balaban J connectivity index is 1.95. The summed E-state index contributed by atoms with van der Waals surface area (Å²) >= 11 is 0. The standard InChI is InChI=1S/C20H23NO6/c1-11-7-15(26-3)18-12(2)14(20(25)27-16(18)8-11)9-17(22)21-6-4-5-13(10-21)19(23)24/h7-8,13H,4-6,9-10H2,1-3H3,(H,23,24)/t13-/m1/s1. The molecule has 3 rings (SSSR count). The van der Waals surface area contributed by atoms with E-state index in [1.165, 1.54) is 4.90 Å². The Morgan fingerprint density at radius 3 is 2.74 bits per heavy atom. The number of hydrogen-bond donors (Lipinski definition) is 1. The van der Waals surface area contributed by atoms with Crippen LogP contribution in [-0.2, 0) is 16.0 Å². The van der Waals surface area contributed by atoms with Gasteiger partial charge in [0.1, 0.15) is 11.3 Å². The number of rotatable bonds is 4. The second-order valence-corrected chi connectivity index (χ2v) is 7.03. The molecule has 1 saturated heterocycles. The predicted octanol–water partition coefficient (Wildman–Crippen LogP) is 2.28. The van der Waals surface area contributed by atoms with Gasteiger partial charge in [-0.25, -0.2) is 4.79 Å². The van der Waals surface area contributed by atoms with Crippen LogP contribution in [0.25, 0.3) is 11.0 Å². The summed E-state index contributed by atoms with van der Waals surface area (Å²) in [4.78, 5) is 37.9. The molecule has 0 bridgehead atoms. The SMILES string of the molecule is COc1cc(C)cc2oc(=O)c(CC(=O)N3CCC[C@@H](C(=O)O)C3)c(C)c12. The molecule has 0 saturated carbocycles. The van der Waals surface area contributed by atoms with Crippen LogP contribution in [0.2, 0.25) is 0 Å². The van der Waals surface area contributed by atoms with E-state index in [0.29, 0.717) is 41.7 Å². The molecule has 1 fully saturated rings. The highest BCUT2D eigenvalue weighted by Crippen LogP contribution is 2.31. The van der Waals surface area contributed by atoms with Crippen LogP contribution in [0.5, 0.6) is 5.75 Å². The van der Waals surface area contributed by atoms with Crippen molar-refractivity contribution >= 4 is 22.8 Å². The van der Waals surface area contributed by atoms with Crippen molar-refractivity contribution in [2.45, 2.75) is 33.1 Å². The van der Waals surface area contributed by atoms with Crippen LogP contribution in [0.15, 0.2) is 21.3 Å². The Labute approximate surface area is 156 Å². The normalized spacial score (nSPS) is 17.1. The first-order valence-corrected chi connectivity index (χ1v) is 8.93. The number of aliphatic carboxylic acids is 1. The van der Waals surface area contributed by atoms with Crippen molar-refractivity contribution in [2.75, 3.05) is 20.2 Å². The molecule has 0 unspecified atom stereocenters. The number of carbonyl (C=O) groups is 2. The monoisotopic (exact) mass is 373 g/mol. The molecule has 0 aliphatic carbocycles. The molecule has 27 heavy (non-hydrogen) atoms. The number of carbonyl (C=O) groups excluding carboxylic acids is 1. The molecule has 1 aromatic heterocycles. The average molecular weight is 373 g/mol. The van der Waals surface area contributed by atoms with Gasteiger partial charge < -0.3 is 19.2 Å². The molecule has 1 aliphatic rings. The minimum Gasteiger partial charge on any atom is -0.496 e. The Morgan fingerprint density at radius 2 is 2.07 bits per heavy atom. The Kier molecular flexibility index (Phi) is 5.21. The Bertz CT molecular complexity index is 961. The molecular formula is C20H23NO6. The van der Waals surface area contributed by atoms with Gasteiger partial charge in [0.25, 0.3) is 0 Å². The quantitative estimate of drug-likeness (QED) is 0.826. The van der Waals surface area contributed by atoms with Crippen LogP contribution in [-0.4, -0.2) is 42.1 Å². The van der Waals surface area contributed by atoms with E-state index in [9.17, 15) is 19.5 Å². The van der Waals surface area contributed by atoms with Crippen molar-refractivity contribution in [3.63, 3.8) is 0 Å². The van der Waals surface area contributed by atoms with E-state index in [0.717, 1.165) is 5.56 Å². The first-order chi connectivity index (χ1) is 12.8.